The van der Waals surface area contributed by atoms with Crippen LogP contribution in [0, 0.1) is 11.8 Å². The Morgan fingerprint density at radius 3 is 2.52 bits per heavy atom. The van der Waals surface area contributed by atoms with E-state index in [1.807, 2.05) is 43.0 Å². The Bertz CT molecular complexity index is 500. The summed E-state index contributed by atoms with van der Waals surface area (Å²) in [6, 6.07) is 7.77. The van der Waals surface area contributed by atoms with Crippen LogP contribution < -0.4 is 16.2 Å². The molecule has 0 unspecified atom stereocenters. The van der Waals surface area contributed by atoms with Gasteiger partial charge >= 0.3 is 0 Å². The molecule has 1 aromatic rings. The van der Waals surface area contributed by atoms with Crippen LogP contribution in [0.1, 0.15) is 19.4 Å². The predicted octanol–water partition coefficient (Wildman–Crippen LogP) is 0.571. The van der Waals surface area contributed by atoms with Crippen molar-refractivity contribution in [2.45, 2.75) is 19.9 Å². The number of benzene rings is 1. The molecule has 0 aliphatic carbocycles. The molecule has 0 spiro atoms. The second-order valence-electron chi connectivity index (χ2n) is 4.91. The lowest BCUT2D eigenvalue weighted by atomic mass is 10.2. The zero-order chi connectivity index (χ0) is 15.7. The van der Waals surface area contributed by atoms with Gasteiger partial charge in [-0.1, -0.05) is 11.8 Å². The van der Waals surface area contributed by atoms with E-state index in [1.54, 1.807) is 0 Å². The van der Waals surface area contributed by atoms with Crippen LogP contribution in [0.25, 0.3) is 0 Å². The van der Waals surface area contributed by atoms with E-state index in [1.165, 1.54) is 0 Å². The second-order valence-corrected chi connectivity index (χ2v) is 4.91. The molecule has 0 saturated heterocycles. The molecule has 5 nitrogen and oxygen atoms in total. The van der Waals surface area contributed by atoms with E-state index >= 15 is 0 Å². The van der Waals surface area contributed by atoms with Gasteiger partial charge in [0.15, 0.2) is 0 Å². The van der Waals surface area contributed by atoms with E-state index in [0.717, 1.165) is 11.3 Å². The minimum atomic E-state index is -0.327. The number of amides is 1. The average Bonchev–Trinajstić information content (AvgIpc) is 2.44. The van der Waals surface area contributed by atoms with E-state index in [2.05, 4.69) is 11.8 Å². The van der Waals surface area contributed by atoms with Crippen LogP contribution in [-0.4, -0.2) is 43.1 Å². The Balaban J connectivity index is 2.45. The van der Waals surface area contributed by atoms with Crippen LogP contribution >= 0.6 is 0 Å². The van der Waals surface area contributed by atoms with Crippen LogP contribution in [0.2, 0.25) is 0 Å². The molecule has 0 aliphatic heterocycles. The Hall–Kier alpha value is -2.03. The fraction of sp³-hybridized carbons (Fsp3) is 0.438. The van der Waals surface area contributed by atoms with Gasteiger partial charge in [-0.05, 0) is 38.1 Å². The van der Waals surface area contributed by atoms with Crippen molar-refractivity contribution in [3.63, 3.8) is 0 Å². The molecule has 0 saturated carbocycles. The van der Waals surface area contributed by atoms with Crippen molar-refractivity contribution in [3.8, 4) is 17.6 Å². The van der Waals surface area contributed by atoms with Crippen LogP contribution in [0.15, 0.2) is 24.3 Å². The van der Waals surface area contributed by atoms with Crippen molar-refractivity contribution in [2.24, 2.45) is 11.5 Å². The lowest BCUT2D eigenvalue weighted by Crippen LogP contribution is -2.40. The van der Waals surface area contributed by atoms with Crippen molar-refractivity contribution in [3.05, 3.63) is 29.8 Å². The largest absolute Gasteiger partial charge is 0.492 e. The zero-order valence-electron chi connectivity index (χ0n) is 12.6. The fourth-order valence-corrected chi connectivity index (χ4v) is 1.79. The molecule has 114 valence electrons. The molecule has 0 aliphatic rings. The number of nitrogens with zero attached hydrogens (tertiary/aromatic N) is 1. The quantitative estimate of drug-likeness (QED) is 0.719. The highest BCUT2D eigenvalue weighted by atomic mass is 16.5. The molecule has 5 heteroatoms. The Morgan fingerprint density at radius 2 is 2.00 bits per heavy atom. The summed E-state index contributed by atoms with van der Waals surface area (Å²) in [5.41, 5.74) is 11.5. The van der Waals surface area contributed by atoms with Crippen molar-refractivity contribution in [1.82, 2.24) is 4.90 Å². The molecule has 21 heavy (non-hydrogen) atoms. The normalized spacial score (nSPS) is 10.3. The molecule has 1 amide bonds. The maximum absolute atomic E-state index is 11.0. The minimum Gasteiger partial charge on any atom is -0.492 e. The number of ether oxygens (including phenoxy) is 1. The van der Waals surface area contributed by atoms with E-state index in [0.29, 0.717) is 19.7 Å². The highest BCUT2D eigenvalue weighted by Gasteiger charge is 2.11. The van der Waals surface area contributed by atoms with Gasteiger partial charge in [-0.3, -0.25) is 9.69 Å². The third-order valence-corrected chi connectivity index (χ3v) is 2.93. The van der Waals surface area contributed by atoms with Crippen molar-refractivity contribution in [1.29, 1.82) is 0 Å². The molecule has 0 aromatic heterocycles. The topological polar surface area (TPSA) is 81.6 Å². The molecular weight excluding hydrogens is 266 g/mol. The summed E-state index contributed by atoms with van der Waals surface area (Å²) in [5, 5.41) is 0. The molecule has 4 N–H and O–H groups in total. The molecule has 0 bridgehead atoms. The maximum Gasteiger partial charge on any atom is 0.231 e. The molecule has 0 heterocycles. The van der Waals surface area contributed by atoms with Gasteiger partial charge in [0, 0.05) is 18.2 Å². The Morgan fingerprint density at radius 1 is 1.33 bits per heavy atom. The zero-order valence-corrected chi connectivity index (χ0v) is 12.6. The lowest BCUT2D eigenvalue weighted by Gasteiger charge is -2.24. The summed E-state index contributed by atoms with van der Waals surface area (Å²) in [7, 11) is 0. The summed E-state index contributed by atoms with van der Waals surface area (Å²) < 4.78 is 5.66. The maximum atomic E-state index is 11.0. The fourth-order valence-electron chi connectivity index (χ4n) is 1.79. The Kier molecular flexibility index (Phi) is 7.30. The summed E-state index contributed by atoms with van der Waals surface area (Å²) >= 11 is 0. The van der Waals surface area contributed by atoms with Gasteiger partial charge in [-0.15, -0.1) is 0 Å². The second kappa shape index (κ2) is 9.01. The van der Waals surface area contributed by atoms with Gasteiger partial charge in [0.2, 0.25) is 5.91 Å². The monoisotopic (exact) mass is 289 g/mol. The molecular formula is C16H23N3O2. The third kappa shape index (κ3) is 6.80. The van der Waals surface area contributed by atoms with E-state index in [-0.39, 0.29) is 18.5 Å². The first-order chi connectivity index (χ1) is 10.0. The first-order valence-electron chi connectivity index (χ1n) is 6.97. The van der Waals surface area contributed by atoms with Gasteiger partial charge in [0.25, 0.3) is 0 Å². The molecule has 0 atom stereocenters. The van der Waals surface area contributed by atoms with Gasteiger partial charge in [-0.25, -0.2) is 0 Å². The highest BCUT2D eigenvalue weighted by molar-refractivity contribution is 5.75. The van der Waals surface area contributed by atoms with E-state index in [9.17, 15) is 4.79 Å². The molecule has 1 rings (SSSR count). The summed E-state index contributed by atoms with van der Waals surface area (Å²) in [6.45, 7) is 5.79. The predicted molar refractivity (Wildman–Crippen MR) is 83.8 cm³/mol. The van der Waals surface area contributed by atoms with Crippen molar-refractivity contribution in [2.75, 3.05) is 26.2 Å². The Labute approximate surface area is 126 Å². The van der Waals surface area contributed by atoms with Gasteiger partial charge in [0.1, 0.15) is 12.4 Å². The van der Waals surface area contributed by atoms with Crippen LogP contribution in [0.4, 0.5) is 0 Å². The number of carbonyl (C=O) groups excluding carboxylic acids is 1. The number of primary amides is 1. The molecule has 0 radical (unpaired) electrons. The lowest BCUT2D eigenvalue weighted by molar-refractivity contribution is -0.119. The third-order valence-electron chi connectivity index (χ3n) is 2.93. The number of hydrogen-bond donors (Lipinski definition) is 2. The molecule has 0 fully saturated rings. The number of rotatable bonds is 7. The van der Waals surface area contributed by atoms with Crippen LogP contribution in [-0.2, 0) is 4.79 Å². The van der Waals surface area contributed by atoms with Gasteiger partial charge < -0.3 is 16.2 Å². The van der Waals surface area contributed by atoms with Gasteiger partial charge in [0.05, 0.1) is 13.1 Å². The number of nitrogens with two attached hydrogens (primary N) is 2. The van der Waals surface area contributed by atoms with Crippen LogP contribution in [0.5, 0.6) is 5.75 Å². The first-order valence-corrected chi connectivity index (χ1v) is 6.97. The number of hydrogen-bond acceptors (Lipinski definition) is 4. The summed E-state index contributed by atoms with van der Waals surface area (Å²) in [4.78, 5) is 13.0. The van der Waals surface area contributed by atoms with Crippen molar-refractivity contribution >= 4 is 5.91 Å². The van der Waals surface area contributed by atoms with Crippen LogP contribution in [0.3, 0.4) is 0 Å². The SMILES string of the molecule is CC(C)N(CCOc1ccc(C#CCN)cc1)CC(N)=O. The minimum absolute atomic E-state index is 0.245. The summed E-state index contributed by atoms with van der Waals surface area (Å²) in [6.07, 6.45) is 0. The standard InChI is InChI=1S/C16H23N3O2/c1-13(2)19(12-16(18)20)10-11-21-15-7-5-14(6-8-15)4-3-9-17/h5-8,13H,9-12,17H2,1-2H3,(H2,18,20). The van der Waals surface area contributed by atoms with E-state index < -0.39 is 0 Å². The average molecular weight is 289 g/mol. The summed E-state index contributed by atoms with van der Waals surface area (Å²) in [5.74, 6) is 6.20. The van der Waals surface area contributed by atoms with Crippen molar-refractivity contribution < 1.29 is 9.53 Å². The van der Waals surface area contributed by atoms with Gasteiger partial charge in [-0.2, -0.15) is 0 Å². The smallest absolute Gasteiger partial charge is 0.231 e. The first kappa shape index (κ1) is 17.0. The van der Waals surface area contributed by atoms with E-state index in [4.69, 9.17) is 16.2 Å². The molecule has 1 aromatic carbocycles. The highest BCUT2D eigenvalue weighted by Crippen LogP contribution is 2.11. The number of carbonyl (C=O) groups is 1.